The summed E-state index contributed by atoms with van der Waals surface area (Å²) in [6.45, 7) is 3.46. The molecule has 4 aromatic carbocycles. The number of pyridine rings is 1. The second-order valence-corrected chi connectivity index (χ2v) is 11.8. The minimum Gasteiger partial charge on any atom is -0.437 e. The van der Waals surface area contributed by atoms with Crippen molar-refractivity contribution in [2.24, 2.45) is 0 Å². The van der Waals surface area contributed by atoms with Gasteiger partial charge in [0, 0.05) is 19.3 Å². The lowest BCUT2D eigenvalue weighted by atomic mass is 9.88. The lowest BCUT2D eigenvalue weighted by Gasteiger charge is -2.24. The predicted molar refractivity (Wildman–Crippen MR) is 179 cm³/mol. The van der Waals surface area contributed by atoms with Gasteiger partial charge in [0.2, 0.25) is 5.71 Å². The van der Waals surface area contributed by atoms with Gasteiger partial charge in [0.1, 0.15) is 17.5 Å². The van der Waals surface area contributed by atoms with Crippen LogP contribution in [0.3, 0.4) is 0 Å². The summed E-state index contributed by atoms with van der Waals surface area (Å²) in [6.07, 6.45) is 0. The predicted octanol–water partition coefficient (Wildman–Crippen LogP) is 10.4. The van der Waals surface area contributed by atoms with Crippen LogP contribution >= 0.6 is 0 Å². The molecule has 7 rings (SSSR count). The van der Waals surface area contributed by atoms with Gasteiger partial charge in [0.25, 0.3) is 0 Å². The van der Waals surface area contributed by atoms with Gasteiger partial charge in [-0.2, -0.15) is 5.26 Å². The van der Waals surface area contributed by atoms with Gasteiger partial charge in [-0.05, 0) is 89.8 Å². The van der Waals surface area contributed by atoms with Crippen LogP contribution in [-0.4, -0.2) is 14.5 Å². The number of imidazole rings is 1. The van der Waals surface area contributed by atoms with Gasteiger partial charge in [0.15, 0.2) is 0 Å². The first kappa shape index (κ1) is 21.5. The molecule has 0 saturated carbocycles. The number of furan rings is 1. The topological polar surface area (TPSA) is 67.6 Å². The highest BCUT2D eigenvalue weighted by Gasteiger charge is 2.26. The van der Waals surface area contributed by atoms with E-state index in [4.69, 9.17) is 17.6 Å². The molecule has 5 nitrogen and oxygen atoms in total. The van der Waals surface area contributed by atoms with Crippen molar-refractivity contribution in [2.75, 3.05) is 0 Å². The third kappa shape index (κ3) is 4.29. The summed E-state index contributed by atoms with van der Waals surface area (Å²) in [5, 5.41) is 10.5. The molecule has 0 fully saturated rings. The zero-order valence-corrected chi connectivity index (χ0v) is 24.9. The standard InChI is InChI=1S/C39H34N4O/c1-22(2)30-19-27(26-12-8-7-9-13-26)20-31(23(3)4)36(30)43-33-15-11-10-14-32(33)42-38(43)29-17-16-24(5)34-35-28(21-40)18-25(6)41-39(35)44-37(29)34/h7-20,22-23H,1-6H3/i5D3,6D3. The average Bonchev–Trinajstić information content (AvgIpc) is 3.65. The fourth-order valence-electron chi connectivity index (χ4n) is 6.18. The largest absolute Gasteiger partial charge is 0.437 e. The Morgan fingerprint density at radius 1 is 0.795 bits per heavy atom. The zero-order valence-electron chi connectivity index (χ0n) is 30.9. The van der Waals surface area contributed by atoms with E-state index >= 15 is 0 Å². The molecule has 0 unspecified atom stereocenters. The van der Waals surface area contributed by atoms with Crippen LogP contribution in [-0.2, 0) is 0 Å². The van der Waals surface area contributed by atoms with Crippen molar-refractivity contribution in [1.29, 1.82) is 5.26 Å². The van der Waals surface area contributed by atoms with E-state index in [1.807, 2.05) is 42.5 Å². The van der Waals surface area contributed by atoms with Gasteiger partial charge in [-0.15, -0.1) is 0 Å². The molecule has 5 heteroatoms. The van der Waals surface area contributed by atoms with Crippen molar-refractivity contribution in [3.8, 4) is 34.3 Å². The lowest BCUT2D eigenvalue weighted by Crippen LogP contribution is -2.09. The number of hydrogen-bond donors (Lipinski definition) is 0. The highest BCUT2D eigenvalue weighted by molar-refractivity contribution is 6.12. The van der Waals surface area contributed by atoms with Gasteiger partial charge >= 0.3 is 0 Å². The molecule has 0 amide bonds. The smallest absolute Gasteiger partial charge is 0.228 e. The number of benzene rings is 4. The fraction of sp³-hybridized carbons (Fsp3) is 0.205. The number of aryl methyl sites for hydroxylation is 2. The Morgan fingerprint density at radius 2 is 1.52 bits per heavy atom. The monoisotopic (exact) mass is 580 g/mol. The van der Waals surface area contributed by atoms with Gasteiger partial charge in [-0.1, -0.05) is 76.2 Å². The minimum absolute atomic E-state index is 0.0308. The van der Waals surface area contributed by atoms with Gasteiger partial charge in [-0.25, -0.2) is 9.97 Å². The fourth-order valence-corrected chi connectivity index (χ4v) is 6.18. The van der Waals surface area contributed by atoms with Gasteiger partial charge < -0.3 is 4.42 Å². The Hall–Kier alpha value is -5.21. The molecule has 0 bridgehead atoms. The molecule has 0 aliphatic rings. The maximum absolute atomic E-state index is 10.2. The number of hydrogen-bond acceptors (Lipinski definition) is 4. The van der Waals surface area contributed by atoms with E-state index in [1.54, 1.807) is 6.07 Å². The van der Waals surface area contributed by atoms with Crippen molar-refractivity contribution < 1.29 is 12.6 Å². The van der Waals surface area contributed by atoms with E-state index < -0.39 is 13.7 Å². The number of rotatable bonds is 5. The molecule has 0 aliphatic heterocycles. The molecule has 7 aromatic rings. The summed E-state index contributed by atoms with van der Waals surface area (Å²) in [7, 11) is 0. The van der Waals surface area contributed by atoms with E-state index in [0.717, 1.165) is 39.0 Å². The van der Waals surface area contributed by atoms with Crippen molar-refractivity contribution >= 4 is 33.1 Å². The van der Waals surface area contributed by atoms with Crippen LogP contribution in [0.25, 0.3) is 61.3 Å². The maximum Gasteiger partial charge on any atom is 0.228 e. The molecule has 44 heavy (non-hydrogen) atoms. The normalized spacial score (nSPS) is 14.4. The van der Waals surface area contributed by atoms with Crippen molar-refractivity contribution in [2.45, 2.75) is 53.2 Å². The van der Waals surface area contributed by atoms with Gasteiger partial charge in [-0.3, -0.25) is 4.57 Å². The number of fused-ring (bicyclic) bond motifs is 4. The number of aromatic nitrogens is 3. The van der Waals surface area contributed by atoms with Crippen LogP contribution in [0.4, 0.5) is 0 Å². The Kier molecular flexibility index (Phi) is 5.13. The highest BCUT2D eigenvalue weighted by Crippen LogP contribution is 2.43. The zero-order chi connectivity index (χ0) is 35.7. The summed E-state index contributed by atoms with van der Waals surface area (Å²) in [5.74, 6) is 0.744. The van der Waals surface area contributed by atoms with Crippen LogP contribution < -0.4 is 0 Å². The summed E-state index contributed by atoms with van der Waals surface area (Å²) in [4.78, 5) is 9.43. The molecule has 0 aliphatic carbocycles. The quantitative estimate of drug-likeness (QED) is 0.203. The second-order valence-electron chi connectivity index (χ2n) is 11.8. The third-order valence-electron chi connectivity index (χ3n) is 8.26. The number of nitrogens with zero attached hydrogens (tertiary/aromatic N) is 4. The van der Waals surface area contributed by atoms with Crippen LogP contribution in [0.2, 0.25) is 0 Å². The van der Waals surface area contributed by atoms with E-state index in [0.29, 0.717) is 11.4 Å². The summed E-state index contributed by atoms with van der Waals surface area (Å²) >= 11 is 0. The van der Waals surface area contributed by atoms with Gasteiger partial charge in [0.05, 0.1) is 33.2 Å². The van der Waals surface area contributed by atoms with Crippen LogP contribution in [0.1, 0.15) is 75.7 Å². The minimum atomic E-state index is -2.62. The van der Waals surface area contributed by atoms with E-state index in [9.17, 15) is 5.26 Å². The van der Waals surface area contributed by atoms with Crippen molar-refractivity contribution in [3.05, 3.63) is 113 Å². The lowest BCUT2D eigenvalue weighted by molar-refractivity contribution is 0.653. The molecule has 216 valence electrons. The third-order valence-corrected chi connectivity index (χ3v) is 8.26. The molecule has 0 radical (unpaired) electrons. The SMILES string of the molecule is [2H]C([2H])([2H])c1cc(C#N)c2c(n1)oc1c(-c3nc4ccccc4n3-c3c(C(C)C)cc(-c4ccccc4)cc3C(C)C)ccc(C([2H])([2H])[2H])c12. The summed E-state index contributed by atoms with van der Waals surface area (Å²) < 4.78 is 57.5. The van der Waals surface area contributed by atoms with Crippen LogP contribution in [0, 0.1) is 25.0 Å². The second kappa shape index (κ2) is 10.5. The van der Waals surface area contributed by atoms with Crippen molar-refractivity contribution in [3.63, 3.8) is 0 Å². The van der Waals surface area contributed by atoms with Crippen molar-refractivity contribution in [1.82, 2.24) is 14.5 Å². The number of nitriles is 1. The first-order valence-electron chi connectivity index (χ1n) is 17.7. The molecule has 3 aromatic heterocycles. The van der Waals surface area contributed by atoms with E-state index in [1.165, 1.54) is 12.1 Å². The maximum atomic E-state index is 10.2. The first-order chi connectivity index (χ1) is 23.7. The summed E-state index contributed by atoms with van der Waals surface area (Å²) in [6, 6.07) is 29.0. The molecule has 0 atom stereocenters. The molecule has 0 spiro atoms. The Balaban J connectivity index is 1.64. The molecule has 0 N–H and O–H groups in total. The number of para-hydroxylation sites is 2. The Morgan fingerprint density at radius 3 is 2.20 bits per heavy atom. The Labute approximate surface area is 265 Å². The summed E-state index contributed by atoms with van der Waals surface area (Å²) in [5.41, 5.74) is 7.13. The average molecular weight is 581 g/mol. The molecular weight excluding hydrogens is 540 g/mol. The molecular formula is C39H34N4O. The van der Waals surface area contributed by atoms with E-state index in [2.05, 4.69) is 67.6 Å². The molecule has 3 heterocycles. The molecule has 0 saturated heterocycles. The van der Waals surface area contributed by atoms with E-state index in [-0.39, 0.29) is 50.7 Å². The highest BCUT2D eigenvalue weighted by atomic mass is 16.3. The van der Waals surface area contributed by atoms with Crippen LogP contribution in [0.5, 0.6) is 0 Å². The van der Waals surface area contributed by atoms with Crippen LogP contribution in [0.15, 0.2) is 89.3 Å². The first-order valence-corrected chi connectivity index (χ1v) is 14.7. The Bertz CT molecular complexity index is 2450.